The Kier molecular flexibility index (Phi) is 4.72. The minimum Gasteiger partial charge on any atom is -0.480 e. The number of thiocarbonyl (C=S) groups is 1. The van der Waals surface area contributed by atoms with Gasteiger partial charge in [-0.1, -0.05) is 29.9 Å². The third kappa shape index (κ3) is 3.31. The summed E-state index contributed by atoms with van der Waals surface area (Å²) in [6, 6.07) is 5.03. The molecule has 0 aromatic heterocycles. The van der Waals surface area contributed by atoms with Gasteiger partial charge in [0.1, 0.15) is 10.7 Å². The molecule has 4 nitrogen and oxygen atoms in total. The molecule has 0 fully saturated rings. The van der Waals surface area contributed by atoms with Gasteiger partial charge in [0.2, 0.25) is 0 Å². The predicted molar refractivity (Wildman–Crippen MR) is 71.5 cm³/mol. The Balaban J connectivity index is 3.02. The van der Waals surface area contributed by atoms with Crippen LogP contribution in [-0.4, -0.2) is 24.0 Å². The molecule has 0 bridgehead atoms. The van der Waals surface area contributed by atoms with E-state index in [0.29, 0.717) is 16.3 Å². The Morgan fingerprint density at radius 2 is 2.24 bits per heavy atom. The van der Waals surface area contributed by atoms with Gasteiger partial charge in [0.05, 0.1) is 10.6 Å². The molecule has 0 aliphatic carbocycles. The van der Waals surface area contributed by atoms with Gasteiger partial charge < -0.3 is 15.8 Å². The second-order valence-corrected chi connectivity index (χ2v) is 4.20. The summed E-state index contributed by atoms with van der Waals surface area (Å²) in [5, 5.41) is 2.89. The number of rotatable bonds is 4. The Bertz CT molecular complexity index is 451. The van der Waals surface area contributed by atoms with Gasteiger partial charge in [-0.2, -0.15) is 0 Å². The minimum atomic E-state index is -0.647. The minimum absolute atomic E-state index is 0.134. The maximum atomic E-state index is 11.3. The van der Waals surface area contributed by atoms with Crippen LogP contribution in [0, 0.1) is 0 Å². The number of carbonyl (C=O) groups is 1. The Hall–Kier alpha value is -1.33. The molecular formula is C11H13ClN2O2S. The molecule has 1 atom stereocenters. The van der Waals surface area contributed by atoms with Crippen molar-refractivity contribution in [3.8, 4) is 5.75 Å². The summed E-state index contributed by atoms with van der Waals surface area (Å²) in [6.07, 6.45) is -0.647. The zero-order valence-electron chi connectivity index (χ0n) is 9.49. The molecule has 1 aromatic carbocycles. The third-order valence-electron chi connectivity index (χ3n) is 2.14. The monoisotopic (exact) mass is 272 g/mol. The normalized spacial score (nSPS) is 11.7. The number of carbonyl (C=O) groups excluding carboxylic acids is 1. The Labute approximate surface area is 110 Å². The number of nitrogens with two attached hydrogens (primary N) is 1. The first-order valence-electron chi connectivity index (χ1n) is 4.94. The number of ether oxygens (including phenoxy) is 1. The van der Waals surface area contributed by atoms with E-state index in [2.05, 4.69) is 5.32 Å². The van der Waals surface area contributed by atoms with Crippen molar-refractivity contribution >= 4 is 34.7 Å². The third-order valence-corrected chi connectivity index (χ3v) is 2.66. The summed E-state index contributed by atoms with van der Waals surface area (Å²) >= 11 is 10.9. The lowest BCUT2D eigenvalue weighted by Gasteiger charge is -2.16. The number of benzene rings is 1. The van der Waals surface area contributed by atoms with Gasteiger partial charge in [-0.05, 0) is 19.1 Å². The summed E-state index contributed by atoms with van der Waals surface area (Å²) in [5.74, 6) is 0.167. The molecule has 1 amide bonds. The van der Waals surface area contributed by atoms with Crippen LogP contribution in [0.3, 0.4) is 0 Å². The van der Waals surface area contributed by atoms with Gasteiger partial charge in [-0.3, -0.25) is 4.79 Å². The van der Waals surface area contributed by atoms with E-state index in [0.717, 1.165) is 0 Å². The van der Waals surface area contributed by atoms with Crippen molar-refractivity contribution in [2.24, 2.45) is 5.73 Å². The van der Waals surface area contributed by atoms with E-state index in [1.165, 1.54) is 7.05 Å². The lowest BCUT2D eigenvalue weighted by atomic mass is 10.2. The Morgan fingerprint density at radius 3 is 2.76 bits per heavy atom. The number of halogens is 1. The molecule has 0 aliphatic rings. The van der Waals surface area contributed by atoms with Crippen LogP contribution in [0.4, 0.5) is 0 Å². The second kappa shape index (κ2) is 5.84. The largest absolute Gasteiger partial charge is 0.480 e. The number of likely N-dealkylation sites (N-methyl/N-ethyl adjacent to an activating group) is 1. The fraction of sp³-hybridized carbons (Fsp3) is 0.273. The number of nitrogens with one attached hydrogen (secondary N) is 1. The first-order chi connectivity index (χ1) is 7.97. The van der Waals surface area contributed by atoms with Crippen molar-refractivity contribution < 1.29 is 9.53 Å². The van der Waals surface area contributed by atoms with E-state index < -0.39 is 6.10 Å². The number of hydrogen-bond acceptors (Lipinski definition) is 3. The van der Waals surface area contributed by atoms with Gasteiger partial charge in [0.15, 0.2) is 6.10 Å². The topological polar surface area (TPSA) is 64.3 Å². The fourth-order valence-corrected chi connectivity index (χ4v) is 1.82. The highest BCUT2D eigenvalue weighted by Crippen LogP contribution is 2.27. The Morgan fingerprint density at radius 1 is 1.59 bits per heavy atom. The van der Waals surface area contributed by atoms with Crippen LogP contribution in [0.5, 0.6) is 5.75 Å². The van der Waals surface area contributed by atoms with Crippen molar-refractivity contribution in [2.45, 2.75) is 13.0 Å². The molecule has 0 saturated heterocycles. The molecule has 3 N–H and O–H groups in total. The highest BCUT2D eigenvalue weighted by atomic mass is 35.5. The summed E-state index contributed by atoms with van der Waals surface area (Å²) in [7, 11) is 1.54. The van der Waals surface area contributed by atoms with Crippen molar-refractivity contribution in [3.05, 3.63) is 28.8 Å². The van der Waals surface area contributed by atoms with Crippen LogP contribution in [0.15, 0.2) is 18.2 Å². The molecule has 0 saturated carbocycles. The van der Waals surface area contributed by atoms with Crippen LogP contribution >= 0.6 is 23.8 Å². The number of amides is 1. The molecule has 17 heavy (non-hydrogen) atoms. The predicted octanol–water partition coefficient (Wildman–Crippen LogP) is 1.49. The quantitative estimate of drug-likeness (QED) is 0.815. The highest BCUT2D eigenvalue weighted by molar-refractivity contribution is 7.80. The smallest absolute Gasteiger partial charge is 0.260 e. The van der Waals surface area contributed by atoms with Crippen molar-refractivity contribution in [1.82, 2.24) is 5.32 Å². The van der Waals surface area contributed by atoms with E-state index in [9.17, 15) is 4.79 Å². The molecule has 6 heteroatoms. The van der Waals surface area contributed by atoms with Gasteiger partial charge in [-0.15, -0.1) is 0 Å². The van der Waals surface area contributed by atoms with E-state index in [1.807, 2.05) is 0 Å². The van der Waals surface area contributed by atoms with Crippen LogP contribution in [-0.2, 0) is 4.79 Å². The van der Waals surface area contributed by atoms with Gasteiger partial charge in [-0.25, -0.2) is 0 Å². The molecule has 1 aromatic rings. The van der Waals surface area contributed by atoms with Crippen LogP contribution in [0.25, 0.3) is 0 Å². The summed E-state index contributed by atoms with van der Waals surface area (Å²) in [5.41, 5.74) is 6.01. The van der Waals surface area contributed by atoms with Gasteiger partial charge in [0.25, 0.3) is 5.91 Å². The average Bonchev–Trinajstić information content (AvgIpc) is 2.27. The van der Waals surface area contributed by atoms with Gasteiger partial charge in [0, 0.05) is 7.05 Å². The zero-order valence-corrected chi connectivity index (χ0v) is 11.1. The molecule has 92 valence electrons. The summed E-state index contributed by atoms with van der Waals surface area (Å²) in [6.45, 7) is 1.63. The molecule has 0 spiro atoms. The first-order valence-corrected chi connectivity index (χ1v) is 5.72. The van der Waals surface area contributed by atoms with Crippen molar-refractivity contribution in [2.75, 3.05) is 7.05 Å². The lowest BCUT2D eigenvalue weighted by Crippen LogP contribution is -2.34. The first kappa shape index (κ1) is 13.7. The highest BCUT2D eigenvalue weighted by Gasteiger charge is 2.17. The van der Waals surface area contributed by atoms with Crippen molar-refractivity contribution in [3.63, 3.8) is 0 Å². The summed E-state index contributed by atoms with van der Waals surface area (Å²) in [4.78, 5) is 11.5. The van der Waals surface area contributed by atoms with E-state index in [1.54, 1.807) is 25.1 Å². The molecule has 0 aliphatic heterocycles. The molecular weight excluding hydrogens is 260 g/mol. The summed E-state index contributed by atoms with van der Waals surface area (Å²) < 4.78 is 5.48. The van der Waals surface area contributed by atoms with E-state index in [4.69, 9.17) is 34.3 Å². The lowest BCUT2D eigenvalue weighted by molar-refractivity contribution is -0.126. The molecule has 0 heterocycles. The van der Waals surface area contributed by atoms with Crippen LogP contribution in [0.2, 0.25) is 5.02 Å². The standard InChI is InChI=1S/C11H13ClN2O2S/c1-6(11(15)14-2)16-8-5-3-4-7(12)9(8)10(13)17/h3-6H,1-2H3,(H2,13,17)(H,14,15). The van der Waals surface area contributed by atoms with Gasteiger partial charge >= 0.3 is 0 Å². The van der Waals surface area contributed by atoms with Crippen molar-refractivity contribution in [1.29, 1.82) is 0 Å². The SMILES string of the molecule is CNC(=O)C(C)Oc1cccc(Cl)c1C(N)=S. The zero-order chi connectivity index (χ0) is 13.0. The van der Waals surface area contributed by atoms with E-state index in [-0.39, 0.29) is 10.9 Å². The average molecular weight is 273 g/mol. The maximum Gasteiger partial charge on any atom is 0.260 e. The molecule has 1 unspecified atom stereocenters. The molecule has 0 radical (unpaired) electrons. The maximum absolute atomic E-state index is 11.3. The molecule has 1 rings (SSSR count). The number of hydrogen-bond donors (Lipinski definition) is 2. The second-order valence-electron chi connectivity index (χ2n) is 3.35. The van der Waals surface area contributed by atoms with Crippen LogP contribution < -0.4 is 15.8 Å². The van der Waals surface area contributed by atoms with Crippen LogP contribution in [0.1, 0.15) is 12.5 Å². The van der Waals surface area contributed by atoms with E-state index >= 15 is 0 Å². The fourth-order valence-electron chi connectivity index (χ4n) is 1.29.